The molecule has 132 valence electrons. The van der Waals surface area contributed by atoms with Crippen molar-refractivity contribution in [2.45, 2.75) is 13.8 Å². The largest absolute Gasteiger partial charge is 0.465 e. The smallest absolute Gasteiger partial charge is 0.340 e. The zero-order valence-corrected chi connectivity index (χ0v) is 14.8. The van der Waals surface area contributed by atoms with Gasteiger partial charge >= 0.3 is 5.97 Å². The van der Waals surface area contributed by atoms with E-state index >= 15 is 0 Å². The first-order valence-electron chi connectivity index (χ1n) is 8.17. The molecule has 0 aliphatic carbocycles. The summed E-state index contributed by atoms with van der Waals surface area (Å²) in [5, 5.41) is 0. The molecular weight excluding hydrogens is 330 g/mol. The fourth-order valence-corrected chi connectivity index (χ4v) is 2.92. The number of rotatable bonds is 5. The molecule has 26 heavy (non-hydrogen) atoms. The van der Waals surface area contributed by atoms with Gasteiger partial charge in [0.15, 0.2) is 5.78 Å². The highest BCUT2D eigenvalue weighted by atomic mass is 16.5. The van der Waals surface area contributed by atoms with Gasteiger partial charge < -0.3 is 14.5 Å². The van der Waals surface area contributed by atoms with Gasteiger partial charge in [-0.3, -0.25) is 4.79 Å². The second-order valence-corrected chi connectivity index (χ2v) is 5.86. The first-order chi connectivity index (χ1) is 12.5. The molecule has 0 spiro atoms. The number of aryl methyl sites for hydroxylation is 2. The SMILES string of the molecule is COC(=O)c1c(C)[nH]c(C)c1C(=O)c1ccccc1Oc1ccccc1. The van der Waals surface area contributed by atoms with E-state index in [9.17, 15) is 9.59 Å². The van der Waals surface area contributed by atoms with E-state index in [1.807, 2.05) is 30.3 Å². The van der Waals surface area contributed by atoms with Gasteiger partial charge in [0.1, 0.15) is 11.5 Å². The van der Waals surface area contributed by atoms with Crippen LogP contribution in [0.25, 0.3) is 0 Å². The van der Waals surface area contributed by atoms with Gasteiger partial charge in [0.25, 0.3) is 0 Å². The molecule has 0 amide bonds. The minimum atomic E-state index is -0.545. The predicted molar refractivity (Wildman–Crippen MR) is 98.0 cm³/mol. The van der Waals surface area contributed by atoms with Crippen molar-refractivity contribution in [3.05, 3.63) is 82.7 Å². The molecule has 3 aromatic rings. The summed E-state index contributed by atoms with van der Waals surface area (Å²) in [5.74, 6) is 0.219. The predicted octanol–water partition coefficient (Wildman–Crippen LogP) is 4.44. The monoisotopic (exact) mass is 349 g/mol. The molecule has 5 nitrogen and oxygen atoms in total. The van der Waals surface area contributed by atoms with Crippen LogP contribution in [-0.4, -0.2) is 23.8 Å². The zero-order valence-electron chi connectivity index (χ0n) is 14.8. The number of carbonyl (C=O) groups excluding carboxylic acids is 2. The lowest BCUT2D eigenvalue weighted by Gasteiger charge is -2.11. The number of benzene rings is 2. The molecular formula is C21H19NO4. The second-order valence-electron chi connectivity index (χ2n) is 5.86. The number of aromatic amines is 1. The molecule has 0 unspecified atom stereocenters. The molecule has 0 fully saturated rings. The van der Waals surface area contributed by atoms with Crippen LogP contribution in [0.15, 0.2) is 54.6 Å². The Hall–Kier alpha value is -3.34. The lowest BCUT2D eigenvalue weighted by Crippen LogP contribution is -2.12. The number of aromatic nitrogens is 1. The number of esters is 1. The van der Waals surface area contributed by atoms with Crippen molar-refractivity contribution in [1.29, 1.82) is 0 Å². The Morgan fingerprint density at radius 2 is 1.46 bits per heavy atom. The van der Waals surface area contributed by atoms with Crippen LogP contribution in [-0.2, 0) is 4.74 Å². The molecule has 0 saturated carbocycles. The van der Waals surface area contributed by atoms with Gasteiger partial charge in [-0.2, -0.15) is 0 Å². The maximum atomic E-state index is 13.2. The average molecular weight is 349 g/mol. The minimum absolute atomic E-state index is 0.254. The van der Waals surface area contributed by atoms with Gasteiger partial charge in [-0.05, 0) is 38.1 Å². The summed E-state index contributed by atoms with van der Waals surface area (Å²) in [7, 11) is 1.30. The van der Waals surface area contributed by atoms with E-state index in [0.29, 0.717) is 34.0 Å². The summed E-state index contributed by atoms with van der Waals surface area (Å²) < 4.78 is 10.7. The van der Waals surface area contributed by atoms with E-state index in [2.05, 4.69) is 4.98 Å². The first-order valence-corrected chi connectivity index (χ1v) is 8.17. The van der Waals surface area contributed by atoms with Crippen LogP contribution in [0.4, 0.5) is 0 Å². The van der Waals surface area contributed by atoms with Crippen molar-refractivity contribution in [2.75, 3.05) is 7.11 Å². The fraction of sp³-hybridized carbons (Fsp3) is 0.143. The summed E-state index contributed by atoms with van der Waals surface area (Å²) in [6.07, 6.45) is 0. The first kappa shape index (κ1) is 17.5. The van der Waals surface area contributed by atoms with Crippen molar-refractivity contribution in [1.82, 2.24) is 4.98 Å². The molecule has 0 saturated heterocycles. The standard InChI is InChI=1S/C21H19NO4/c1-13-18(19(14(2)22-13)21(24)25-3)20(23)16-11-7-8-12-17(16)26-15-9-5-4-6-10-15/h4-12,22H,1-3H3. The highest BCUT2D eigenvalue weighted by Crippen LogP contribution is 2.30. The molecule has 1 N–H and O–H groups in total. The third-order valence-electron chi connectivity index (χ3n) is 4.09. The van der Waals surface area contributed by atoms with Gasteiger partial charge in [0.05, 0.1) is 23.8 Å². The van der Waals surface area contributed by atoms with E-state index in [4.69, 9.17) is 9.47 Å². The molecule has 0 radical (unpaired) electrons. The van der Waals surface area contributed by atoms with Crippen LogP contribution >= 0.6 is 0 Å². The van der Waals surface area contributed by atoms with E-state index < -0.39 is 5.97 Å². The fourth-order valence-electron chi connectivity index (χ4n) is 2.92. The summed E-state index contributed by atoms with van der Waals surface area (Å²) in [5.41, 5.74) is 2.15. The number of para-hydroxylation sites is 2. The quantitative estimate of drug-likeness (QED) is 0.546. The van der Waals surface area contributed by atoms with Crippen molar-refractivity contribution in [2.24, 2.45) is 0 Å². The van der Waals surface area contributed by atoms with E-state index in [1.54, 1.807) is 38.1 Å². The molecule has 0 bridgehead atoms. The minimum Gasteiger partial charge on any atom is -0.465 e. The molecule has 1 heterocycles. The van der Waals surface area contributed by atoms with E-state index in [0.717, 1.165) is 0 Å². The molecule has 1 aromatic heterocycles. The number of ether oxygens (including phenoxy) is 2. The number of hydrogen-bond acceptors (Lipinski definition) is 4. The van der Waals surface area contributed by atoms with Crippen molar-refractivity contribution < 1.29 is 19.1 Å². The van der Waals surface area contributed by atoms with Crippen LogP contribution in [0, 0.1) is 13.8 Å². The van der Waals surface area contributed by atoms with E-state index in [-0.39, 0.29) is 11.3 Å². The third-order valence-corrected chi connectivity index (χ3v) is 4.09. The maximum Gasteiger partial charge on any atom is 0.340 e. The van der Waals surface area contributed by atoms with Crippen molar-refractivity contribution in [3.8, 4) is 11.5 Å². The van der Waals surface area contributed by atoms with Crippen LogP contribution in [0.5, 0.6) is 11.5 Å². The van der Waals surface area contributed by atoms with Gasteiger partial charge in [-0.1, -0.05) is 30.3 Å². The average Bonchev–Trinajstić information content (AvgIpc) is 2.95. The maximum absolute atomic E-state index is 13.2. The van der Waals surface area contributed by atoms with Gasteiger partial charge in [0, 0.05) is 11.4 Å². The van der Waals surface area contributed by atoms with Gasteiger partial charge in [-0.15, -0.1) is 0 Å². The number of ketones is 1. The molecule has 0 atom stereocenters. The number of nitrogens with one attached hydrogen (secondary N) is 1. The lowest BCUT2D eigenvalue weighted by molar-refractivity contribution is 0.0597. The van der Waals surface area contributed by atoms with Crippen LogP contribution < -0.4 is 4.74 Å². The van der Waals surface area contributed by atoms with Crippen LogP contribution in [0.3, 0.4) is 0 Å². The summed E-state index contributed by atoms with van der Waals surface area (Å²) in [6, 6.07) is 16.2. The van der Waals surface area contributed by atoms with Crippen molar-refractivity contribution >= 4 is 11.8 Å². The zero-order chi connectivity index (χ0) is 18.7. The summed E-state index contributed by atoms with van der Waals surface area (Å²) >= 11 is 0. The Morgan fingerprint density at radius 1 is 0.846 bits per heavy atom. The number of H-pyrrole nitrogens is 1. The summed E-state index contributed by atoms with van der Waals surface area (Å²) in [4.78, 5) is 28.4. The molecule has 0 aliphatic rings. The highest BCUT2D eigenvalue weighted by molar-refractivity contribution is 6.17. The number of carbonyl (C=O) groups is 2. The van der Waals surface area contributed by atoms with Crippen LogP contribution in [0.2, 0.25) is 0 Å². The molecule has 3 rings (SSSR count). The molecule has 0 aliphatic heterocycles. The Bertz CT molecular complexity index is 957. The Labute approximate surface area is 151 Å². The lowest BCUT2D eigenvalue weighted by atomic mass is 9.98. The topological polar surface area (TPSA) is 68.4 Å². The Morgan fingerprint density at radius 3 is 2.15 bits per heavy atom. The molecule has 5 heteroatoms. The Kier molecular flexibility index (Phi) is 4.89. The Balaban J connectivity index is 2.06. The number of hydrogen-bond donors (Lipinski definition) is 1. The third kappa shape index (κ3) is 3.24. The highest BCUT2D eigenvalue weighted by Gasteiger charge is 2.27. The second kappa shape index (κ2) is 7.27. The molecule has 2 aromatic carbocycles. The van der Waals surface area contributed by atoms with E-state index in [1.165, 1.54) is 7.11 Å². The normalized spacial score (nSPS) is 10.4. The summed E-state index contributed by atoms with van der Waals surface area (Å²) in [6.45, 7) is 3.50. The number of methoxy groups -OCH3 is 1. The van der Waals surface area contributed by atoms with Crippen molar-refractivity contribution in [3.63, 3.8) is 0 Å². The van der Waals surface area contributed by atoms with Gasteiger partial charge in [-0.25, -0.2) is 4.79 Å². The van der Waals surface area contributed by atoms with Crippen LogP contribution in [0.1, 0.15) is 37.7 Å². The van der Waals surface area contributed by atoms with Gasteiger partial charge in [0.2, 0.25) is 0 Å².